The summed E-state index contributed by atoms with van der Waals surface area (Å²) < 4.78 is 0. The normalized spacial score (nSPS) is 15.8. The van der Waals surface area contributed by atoms with E-state index in [2.05, 4.69) is 34.4 Å². The number of likely N-dealkylation sites (tertiary alicyclic amines) is 1. The maximum Gasteiger partial charge on any atom is 0.321 e. The third-order valence-corrected chi connectivity index (χ3v) is 4.57. The molecule has 1 aliphatic heterocycles. The van der Waals surface area contributed by atoms with Crippen molar-refractivity contribution in [3.8, 4) is 0 Å². The van der Waals surface area contributed by atoms with E-state index in [0.717, 1.165) is 12.2 Å². The molecule has 26 heavy (non-hydrogen) atoms. The van der Waals surface area contributed by atoms with E-state index < -0.39 is 0 Å². The maximum absolute atomic E-state index is 12.4. The fourth-order valence-corrected chi connectivity index (χ4v) is 3.37. The van der Waals surface area contributed by atoms with E-state index in [9.17, 15) is 9.59 Å². The van der Waals surface area contributed by atoms with Crippen LogP contribution in [0.5, 0.6) is 0 Å². The van der Waals surface area contributed by atoms with Crippen LogP contribution in [0.4, 0.5) is 10.5 Å². The molecular weight excluding hydrogens is 330 g/mol. The monoisotopic (exact) mass is 361 g/mol. The number of aromatic nitrogens is 1. The van der Waals surface area contributed by atoms with Gasteiger partial charge in [-0.15, -0.1) is 0 Å². The molecular formula is C19H31N5O2. The Kier molecular flexibility index (Phi) is 6.97. The molecule has 7 nitrogen and oxygen atoms in total. The van der Waals surface area contributed by atoms with Gasteiger partial charge in [0.25, 0.3) is 0 Å². The molecule has 0 saturated carbocycles. The van der Waals surface area contributed by atoms with Crippen molar-refractivity contribution in [1.82, 2.24) is 20.1 Å². The van der Waals surface area contributed by atoms with Gasteiger partial charge in [-0.3, -0.25) is 9.78 Å². The second kappa shape index (κ2) is 8.98. The summed E-state index contributed by atoms with van der Waals surface area (Å²) in [5.74, 6) is 0.0844. The lowest BCUT2D eigenvalue weighted by Gasteiger charge is -2.33. The van der Waals surface area contributed by atoms with Gasteiger partial charge in [0.15, 0.2) is 0 Å². The zero-order valence-corrected chi connectivity index (χ0v) is 16.3. The molecule has 3 amide bonds. The molecule has 0 radical (unpaired) electrons. The molecule has 1 aromatic rings. The first-order valence-electron chi connectivity index (χ1n) is 9.15. The molecule has 2 rings (SSSR count). The minimum atomic E-state index is -0.123. The molecule has 0 atom stereocenters. The van der Waals surface area contributed by atoms with Crippen LogP contribution in [0, 0.1) is 11.3 Å². The van der Waals surface area contributed by atoms with Crippen molar-refractivity contribution in [2.75, 3.05) is 45.6 Å². The van der Waals surface area contributed by atoms with Crippen LogP contribution in [0.1, 0.15) is 26.7 Å². The number of carbonyl (C=O) groups excluding carboxylic acids is 2. The van der Waals surface area contributed by atoms with Gasteiger partial charge in [-0.05, 0) is 44.5 Å². The molecule has 1 aromatic heterocycles. The molecule has 2 N–H and O–H groups in total. The van der Waals surface area contributed by atoms with E-state index in [-0.39, 0.29) is 23.3 Å². The Morgan fingerprint density at radius 1 is 1.23 bits per heavy atom. The number of carbonyl (C=O) groups is 2. The summed E-state index contributed by atoms with van der Waals surface area (Å²) in [5, 5.41) is 5.95. The fraction of sp³-hybridized carbons (Fsp3) is 0.632. The Morgan fingerprint density at radius 2 is 1.85 bits per heavy atom. The highest BCUT2D eigenvalue weighted by Crippen LogP contribution is 2.20. The third kappa shape index (κ3) is 6.29. The summed E-state index contributed by atoms with van der Waals surface area (Å²) in [6, 6.07) is 3.39. The van der Waals surface area contributed by atoms with Crippen molar-refractivity contribution in [3.63, 3.8) is 0 Å². The standard InChI is InChI=1S/C19H31N5O2/c1-19(2,14-23(3)4)13-21-17(25)15-7-11-24(12-8-15)18(26)22-16-5-9-20-10-6-16/h5-6,9-10,15H,7-8,11-14H2,1-4H3,(H,21,25)(H,20,22,26). The van der Waals surface area contributed by atoms with Gasteiger partial charge in [0.2, 0.25) is 5.91 Å². The van der Waals surface area contributed by atoms with Crippen molar-refractivity contribution in [2.24, 2.45) is 11.3 Å². The summed E-state index contributed by atoms with van der Waals surface area (Å²) in [5.41, 5.74) is 0.762. The predicted octanol–water partition coefficient (Wildman–Crippen LogP) is 2.03. The SMILES string of the molecule is CN(C)CC(C)(C)CNC(=O)C1CCN(C(=O)Nc2ccncc2)CC1. The summed E-state index contributed by atoms with van der Waals surface area (Å²) in [6.45, 7) is 7.07. The molecule has 2 heterocycles. The van der Waals surface area contributed by atoms with Gasteiger partial charge in [-0.2, -0.15) is 0 Å². The number of amides is 3. The molecule has 1 saturated heterocycles. The Bertz CT molecular complexity index is 595. The number of piperidine rings is 1. The number of hydrogen-bond donors (Lipinski definition) is 2. The molecule has 144 valence electrons. The first-order chi connectivity index (χ1) is 12.3. The predicted molar refractivity (Wildman–Crippen MR) is 103 cm³/mol. The Labute approximate surface area is 156 Å². The Morgan fingerprint density at radius 3 is 2.42 bits per heavy atom. The van der Waals surface area contributed by atoms with Gasteiger partial charge in [-0.25, -0.2) is 4.79 Å². The van der Waals surface area contributed by atoms with Crippen LogP contribution in [-0.2, 0) is 4.79 Å². The van der Waals surface area contributed by atoms with Crippen LogP contribution >= 0.6 is 0 Å². The summed E-state index contributed by atoms with van der Waals surface area (Å²) >= 11 is 0. The molecule has 1 aliphatic rings. The second-order valence-corrected chi connectivity index (χ2v) is 8.05. The lowest BCUT2D eigenvalue weighted by Crippen LogP contribution is -2.46. The Balaban J connectivity index is 1.75. The largest absolute Gasteiger partial charge is 0.355 e. The van der Waals surface area contributed by atoms with Crippen LogP contribution < -0.4 is 10.6 Å². The number of nitrogens with zero attached hydrogens (tertiary/aromatic N) is 3. The van der Waals surface area contributed by atoms with Crippen molar-refractivity contribution in [3.05, 3.63) is 24.5 Å². The van der Waals surface area contributed by atoms with Crippen molar-refractivity contribution in [2.45, 2.75) is 26.7 Å². The van der Waals surface area contributed by atoms with Crippen LogP contribution in [0.25, 0.3) is 0 Å². The van der Waals surface area contributed by atoms with Gasteiger partial charge >= 0.3 is 6.03 Å². The molecule has 0 spiro atoms. The van der Waals surface area contributed by atoms with Gasteiger partial charge in [-0.1, -0.05) is 13.8 Å². The fourth-order valence-electron chi connectivity index (χ4n) is 3.37. The smallest absolute Gasteiger partial charge is 0.321 e. The molecule has 0 aliphatic carbocycles. The third-order valence-electron chi connectivity index (χ3n) is 4.57. The lowest BCUT2D eigenvalue weighted by atomic mass is 9.91. The van der Waals surface area contributed by atoms with Crippen LogP contribution in [0.2, 0.25) is 0 Å². The molecule has 0 unspecified atom stereocenters. The minimum Gasteiger partial charge on any atom is -0.355 e. The summed E-state index contributed by atoms with van der Waals surface area (Å²) in [7, 11) is 4.08. The van der Waals surface area contributed by atoms with Crippen LogP contribution in [-0.4, -0.2) is 67.0 Å². The second-order valence-electron chi connectivity index (χ2n) is 8.05. The summed E-state index contributed by atoms with van der Waals surface area (Å²) in [6.07, 6.45) is 4.68. The first kappa shape index (κ1) is 20.2. The lowest BCUT2D eigenvalue weighted by molar-refractivity contribution is -0.126. The highest BCUT2D eigenvalue weighted by molar-refractivity contribution is 5.89. The number of urea groups is 1. The topological polar surface area (TPSA) is 77.6 Å². The van der Waals surface area contributed by atoms with E-state index in [1.807, 2.05) is 14.1 Å². The molecule has 7 heteroatoms. The first-order valence-corrected chi connectivity index (χ1v) is 9.15. The van der Waals surface area contributed by atoms with E-state index in [1.54, 1.807) is 29.4 Å². The Hall–Kier alpha value is -2.15. The number of nitrogens with one attached hydrogen (secondary N) is 2. The van der Waals surface area contributed by atoms with E-state index in [1.165, 1.54) is 0 Å². The molecule has 0 bridgehead atoms. The highest BCUT2D eigenvalue weighted by atomic mass is 16.2. The minimum absolute atomic E-state index is 0.0184. The van der Waals surface area contributed by atoms with Crippen LogP contribution in [0.15, 0.2) is 24.5 Å². The highest BCUT2D eigenvalue weighted by Gasteiger charge is 2.28. The summed E-state index contributed by atoms with van der Waals surface area (Å²) in [4.78, 5) is 32.6. The quantitative estimate of drug-likeness (QED) is 0.813. The van der Waals surface area contributed by atoms with Crippen molar-refractivity contribution < 1.29 is 9.59 Å². The number of rotatable bonds is 6. The van der Waals surface area contributed by atoms with Gasteiger partial charge in [0.1, 0.15) is 0 Å². The van der Waals surface area contributed by atoms with E-state index in [4.69, 9.17) is 0 Å². The van der Waals surface area contributed by atoms with Crippen molar-refractivity contribution >= 4 is 17.6 Å². The average molecular weight is 361 g/mol. The number of hydrogen-bond acceptors (Lipinski definition) is 4. The van der Waals surface area contributed by atoms with Crippen molar-refractivity contribution in [1.29, 1.82) is 0 Å². The van der Waals surface area contributed by atoms with Gasteiger partial charge < -0.3 is 20.4 Å². The zero-order valence-electron chi connectivity index (χ0n) is 16.3. The number of anilines is 1. The molecule has 1 fully saturated rings. The molecule has 0 aromatic carbocycles. The zero-order chi connectivity index (χ0) is 19.2. The average Bonchev–Trinajstić information content (AvgIpc) is 2.59. The number of pyridine rings is 1. The van der Waals surface area contributed by atoms with Gasteiger partial charge in [0, 0.05) is 50.2 Å². The van der Waals surface area contributed by atoms with E-state index in [0.29, 0.717) is 32.5 Å². The van der Waals surface area contributed by atoms with Crippen LogP contribution in [0.3, 0.4) is 0 Å². The van der Waals surface area contributed by atoms with Gasteiger partial charge in [0.05, 0.1) is 0 Å². The van der Waals surface area contributed by atoms with E-state index >= 15 is 0 Å². The maximum atomic E-state index is 12.4.